The predicted molar refractivity (Wildman–Crippen MR) is 125 cm³/mol. The lowest BCUT2D eigenvalue weighted by Gasteiger charge is -2.13. The van der Waals surface area contributed by atoms with E-state index in [9.17, 15) is 4.39 Å². The van der Waals surface area contributed by atoms with Crippen LogP contribution in [0.25, 0.3) is 0 Å². The third-order valence-corrected chi connectivity index (χ3v) is 4.52. The Labute approximate surface area is 186 Å². The Morgan fingerprint density at radius 2 is 1.77 bits per heavy atom. The molecule has 0 spiro atoms. The average molecular weight is 438 g/mol. The van der Waals surface area contributed by atoms with Gasteiger partial charge < -0.3 is 14.8 Å². The summed E-state index contributed by atoms with van der Waals surface area (Å²) in [4.78, 5) is 0. The molecule has 0 saturated carbocycles. The molecule has 0 radical (unpaired) electrons. The number of thiocarbonyl (C=S) groups is 1. The number of nitrogens with one attached hydrogen (secondary N) is 2. The van der Waals surface area contributed by atoms with Crippen LogP contribution in [-0.4, -0.2) is 17.9 Å². The molecule has 3 rings (SSSR count). The summed E-state index contributed by atoms with van der Waals surface area (Å²) in [5.74, 6) is 0.801. The third-order valence-electron chi connectivity index (χ3n) is 4.28. The smallest absolute Gasteiger partial charge is 0.187 e. The van der Waals surface area contributed by atoms with E-state index < -0.39 is 0 Å². The SMILES string of the molecule is CCOc1cc(/C=N/NC(=S)NCc2ccccc2)ccc1OCc1ccccc1F. The average Bonchev–Trinajstić information content (AvgIpc) is 2.79. The summed E-state index contributed by atoms with van der Waals surface area (Å²) in [7, 11) is 0. The standard InChI is InChI=1S/C24H24FN3O2S/c1-2-29-23-14-19(12-13-22(23)30-17-20-10-6-7-11-21(20)25)16-27-28-24(31)26-15-18-8-4-3-5-9-18/h3-14,16H,2,15,17H2,1H3,(H2,26,28,31)/b27-16+. The van der Waals surface area contributed by atoms with Crippen LogP contribution in [-0.2, 0) is 13.2 Å². The highest BCUT2D eigenvalue weighted by atomic mass is 32.1. The van der Waals surface area contributed by atoms with Crippen LogP contribution in [0, 0.1) is 5.82 Å². The van der Waals surface area contributed by atoms with Crippen molar-refractivity contribution < 1.29 is 13.9 Å². The van der Waals surface area contributed by atoms with Crippen molar-refractivity contribution in [1.29, 1.82) is 0 Å². The zero-order chi connectivity index (χ0) is 21.9. The van der Waals surface area contributed by atoms with Gasteiger partial charge in [-0.2, -0.15) is 5.10 Å². The molecule has 0 unspecified atom stereocenters. The molecule has 7 heteroatoms. The topological polar surface area (TPSA) is 54.9 Å². The molecule has 0 saturated heterocycles. The van der Waals surface area contributed by atoms with Gasteiger partial charge in [0.1, 0.15) is 12.4 Å². The minimum atomic E-state index is -0.299. The Hall–Kier alpha value is -3.45. The molecule has 5 nitrogen and oxygen atoms in total. The normalized spacial score (nSPS) is 10.6. The molecule has 2 N–H and O–H groups in total. The molecule has 160 valence electrons. The number of hydrogen-bond donors (Lipinski definition) is 2. The van der Waals surface area contributed by atoms with Crippen LogP contribution in [0.3, 0.4) is 0 Å². The van der Waals surface area contributed by atoms with Gasteiger partial charge in [-0.05, 0) is 54.5 Å². The second-order valence-corrected chi connectivity index (χ2v) is 6.97. The fraction of sp³-hybridized carbons (Fsp3) is 0.167. The molecule has 0 aliphatic carbocycles. The Balaban J connectivity index is 1.56. The van der Waals surface area contributed by atoms with Crippen molar-refractivity contribution >= 4 is 23.5 Å². The first kappa shape index (κ1) is 22.2. The molecule has 31 heavy (non-hydrogen) atoms. The number of halogens is 1. The number of ether oxygens (including phenoxy) is 2. The van der Waals surface area contributed by atoms with E-state index in [0.717, 1.165) is 11.1 Å². The van der Waals surface area contributed by atoms with E-state index in [2.05, 4.69) is 15.8 Å². The quantitative estimate of drug-likeness (QED) is 0.286. The summed E-state index contributed by atoms with van der Waals surface area (Å²) < 4.78 is 25.3. The molecule has 3 aromatic carbocycles. The van der Waals surface area contributed by atoms with E-state index in [1.807, 2.05) is 49.4 Å². The Morgan fingerprint density at radius 3 is 2.55 bits per heavy atom. The molecule has 0 fully saturated rings. The summed E-state index contributed by atoms with van der Waals surface area (Å²) in [5, 5.41) is 7.69. The van der Waals surface area contributed by atoms with Crippen molar-refractivity contribution in [2.45, 2.75) is 20.1 Å². The van der Waals surface area contributed by atoms with Crippen molar-refractivity contribution in [1.82, 2.24) is 10.7 Å². The van der Waals surface area contributed by atoms with Crippen molar-refractivity contribution in [3.63, 3.8) is 0 Å². The van der Waals surface area contributed by atoms with Crippen LogP contribution in [0.2, 0.25) is 0 Å². The van der Waals surface area contributed by atoms with Crippen LogP contribution >= 0.6 is 12.2 Å². The lowest BCUT2D eigenvalue weighted by molar-refractivity contribution is 0.266. The molecule has 0 aromatic heterocycles. The second-order valence-electron chi connectivity index (χ2n) is 6.56. The Bertz CT molecular complexity index is 1030. The lowest BCUT2D eigenvalue weighted by Crippen LogP contribution is -2.31. The number of nitrogens with zero attached hydrogens (tertiary/aromatic N) is 1. The van der Waals surface area contributed by atoms with E-state index in [1.54, 1.807) is 30.5 Å². The van der Waals surface area contributed by atoms with E-state index in [-0.39, 0.29) is 12.4 Å². The van der Waals surface area contributed by atoms with Gasteiger partial charge in [-0.1, -0.05) is 48.5 Å². The molecule has 0 amide bonds. The fourth-order valence-electron chi connectivity index (χ4n) is 2.75. The molecular weight excluding hydrogens is 413 g/mol. The lowest BCUT2D eigenvalue weighted by atomic mass is 10.2. The predicted octanol–water partition coefficient (Wildman–Crippen LogP) is 4.80. The number of hydrazone groups is 1. The molecule has 3 aromatic rings. The van der Waals surface area contributed by atoms with E-state index in [0.29, 0.717) is 35.3 Å². The first-order valence-electron chi connectivity index (χ1n) is 9.89. The number of benzene rings is 3. The maximum atomic E-state index is 13.8. The monoisotopic (exact) mass is 437 g/mol. The zero-order valence-corrected chi connectivity index (χ0v) is 18.0. The van der Waals surface area contributed by atoms with Gasteiger partial charge in [0.25, 0.3) is 0 Å². The van der Waals surface area contributed by atoms with Crippen molar-refractivity contribution in [2.75, 3.05) is 6.61 Å². The highest BCUT2D eigenvalue weighted by Gasteiger charge is 2.08. The molecule has 0 bridgehead atoms. The Morgan fingerprint density at radius 1 is 1.00 bits per heavy atom. The third kappa shape index (κ3) is 7.08. The molecule has 0 aliphatic rings. The van der Waals surface area contributed by atoms with Gasteiger partial charge in [0.15, 0.2) is 16.6 Å². The summed E-state index contributed by atoms with van der Waals surface area (Å²) in [5.41, 5.74) is 5.21. The van der Waals surface area contributed by atoms with Gasteiger partial charge in [0.05, 0.1) is 12.8 Å². The van der Waals surface area contributed by atoms with Crippen LogP contribution in [0.1, 0.15) is 23.6 Å². The van der Waals surface area contributed by atoms with E-state index in [4.69, 9.17) is 21.7 Å². The maximum absolute atomic E-state index is 13.8. The molecule has 0 heterocycles. The number of rotatable bonds is 9. The van der Waals surface area contributed by atoms with Crippen molar-refractivity contribution in [3.05, 3.63) is 95.3 Å². The summed E-state index contributed by atoms with van der Waals surface area (Å²) in [6.45, 7) is 3.09. The molecular formula is C24H24FN3O2S. The maximum Gasteiger partial charge on any atom is 0.187 e. The minimum Gasteiger partial charge on any atom is -0.490 e. The number of hydrogen-bond acceptors (Lipinski definition) is 4. The van der Waals surface area contributed by atoms with Gasteiger partial charge in [0, 0.05) is 12.1 Å². The van der Waals surface area contributed by atoms with Crippen molar-refractivity contribution in [3.8, 4) is 11.5 Å². The second kappa shape index (κ2) is 11.7. The Kier molecular flexibility index (Phi) is 8.37. The first-order chi connectivity index (χ1) is 15.2. The summed E-state index contributed by atoms with van der Waals surface area (Å²) in [6, 6.07) is 21.9. The minimum absolute atomic E-state index is 0.114. The highest BCUT2D eigenvalue weighted by Crippen LogP contribution is 2.29. The van der Waals surface area contributed by atoms with E-state index in [1.165, 1.54) is 6.07 Å². The first-order valence-corrected chi connectivity index (χ1v) is 10.3. The van der Waals surface area contributed by atoms with Crippen LogP contribution in [0.15, 0.2) is 77.9 Å². The van der Waals surface area contributed by atoms with Crippen molar-refractivity contribution in [2.24, 2.45) is 5.10 Å². The van der Waals surface area contributed by atoms with E-state index >= 15 is 0 Å². The fourth-order valence-corrected chi connectivity index (χ4v) is 2.87. The van der Waals surface area contributed by atoms with Gasteiger partial charge in [-0.3, -0.25) is 5.43 Å². The molecule has 0 atom stereocenters. The van der Waals surface area contributed by atoms with Gasteiger partial charge in [-0.25, -0.2) is 4.39 Å². The largest absolute Gasteiger partial charge is 0.490 e. The zero-order valence-electron chi connectivity index (χ0n) is 17.2. The van der Waals surface area contributed by atoms with Gasteiger partial charge >= 0.3 is 0 Å². The molecule has 0 aliphatic heterocycles. The summed E-state index contributed by atoms with van der Waals surface area (Å²) >= 11 is 5.24. The highest BCUT2D eigenvalue weighted by molar-refractivity contribution is 7.80. The van der Waals surface area contributed by atoms with Crippen LogP contribution < -0.4 is 20.2 Å². The summed E-state index contributed by atoms with van der Waals surface area (Å²) in [6.07, 6.45) is 1.64. The van der Waals surface area contributed by atoms with Crippen LogP contribution in [0.5, 0.6) is 11.5 Å². The van der Waals surface area contributed by atoms with Gasteiger partial charge in [0.2, 0.25) is 0 Å². The van der Waals surface area contributed by atoms with Crippen LogP contribution in [0.4, 0.5) is 4.39 Å². The van der Waals surface area contributed by atoms with Gasteiger partial charge in [-0.15, -0.1) is 0 Å².